The van der Waals surface area contributed by atoms with E-state index in [-0.39, 0.29) is 24.0 Å². The van der Waals surface area contributed by atoms with E-state index in [9.17, 15) is 0 Å². The van der Waals surface area contributed by atoms with Crippen molar-refractivity contribution in [1.29, 1.82) is 0 Å². The fourth-order valence-electron chi connectivity index (χ4n) is 2.41. The van der Waals surface area contributed by atoms with Crippen LogP contribution in [0.3, 0.4) is 0 Å². The smallest absolute Gasteiger partial charge is 0.155 e. The van der Waals surface area contributed by atoms with Gasteiger partial charge < -0.3 is 5.32 Å². The van der Waals surface area contributed by atoms with E-state index in [2.05, 4.69) is 23.5 Å². The Hall–Kier alpha value is -0.740. The van der Waals surface area contributed by atoms with Crippen molar-refractivity contribution in [3.63, 3.8) is 0 Å². The highest BCUT2D eigenvalue weighted by atomic mass is 35.5. The molecule has 0 aromatic heterocycles. The second-order valence-electron chi connectivity index (χ2n) is 4.70. The van der Waals surface area contributed by atoms with Crippen molar-refractivity contribution in [2.75, 3.05) is 13.1 Å². The lowest BCUT2D eigenvalue weighted by Gasteiger charge is -2.34. The Bertz CT molecular complexity index is 447. The van der Waals surface area contributed by atoms with Crippen molar-refractivity contribution in [3.05, 3.63) is 41.6 Å². The van der Waals surface area contributed by atoms with Crippen LogP contribution in [0.2, 0.25) is 0 Å². The minimum atomic E-state index is -0.235. The third kappa shape index (κ3) is 3.23. The first-order chi connectivity index (χ1) is 8.84. The van der Waals surface area contributed by atoms with Crippen LogP contribution < -0.4 is 5.32 Å². The summed E-state index contributed by atoms with van der Waals surface area (Å²) in [5.74, 6) is 0. The van der Waals surface area contributed by atoms with Gasteiger partial charge in [0.2, 0.25) is 0 Å². The Labute approximate surface area is 124 Å². The monoisotopic (exact) mass is 300 g/mol. The zero-order valence-electron chi connectivity index (χ0n) is 10.6. The van der Waals surface area contributed by atoms with Crippen LogP contribution in [-0.2, 0) is 4.84 Å². The van der Waals surface area contributed by atoms with Crippen LogP contribution >= 0.6 is 24.0 Å². The highest BCUT2D eigenvalue weighted by molar-refractivity contribution is 6.21. The molecule has 0 amide bonds. The van der Waals surface area contributed by atoms with Gasteiger partial charge in [-0.3, -0.25) is 4.84 Å². The van der Waals surface area contributed by atoms with E-state index >= 15 is 0 Å². The average molecular weight is 301 g/mol. The predicted octanol–water partition coefficient (Wildman–Crippen LogP) is 3.32. The van der Waals surface area contributed by atoms with Gasteiger partial charge in [0.15, 0.2) is 5.50 Å². The molecule has 3 rings (SSSR count). The average Bonchev–Trinajstić information content (AvgIpc) is 2.43. The van der Waals surface area contributed by atoms with Crippen molar-refractivity contribution < 1.29 is 4.84 Å². The highest BCUT2D eigenvalue weighted by Crippen LogP contribution is 2.34. The summed E-state index contributed by atoms with van der Waals surface area (Å²) >= 11 is 6.47. The van der Waals surface area contributed by atoms with Crippen molar-refractivity contribution in [3.8, 4) is 0 Å². The standard InChI is InChI=1S/C14H17ClN2O.ClH/c15-14-13-4-2-1-3-11(13)7-10-17(14)18-12-5-8-16-9-6-12;/h1-4,7,10,12,14,16H,5-6,8-9H2;1H. The molecule has 1 saturated heterocycles. The summed E-state index contributed by atoms with van der Waals surface area (Å²) in [7, 11) is 0. The molecule has 5 heteroatoms. The van der Waals surface area contributed by atoms with Crippen LogP contribution in [0.1, 0.15) is 29.5 Å². The molecule has 1 aromatic carbocycles. The highest BCUT2D eigenvalue weighted by Gasteiger charge is 2.25. The number of rotatable bonds is 2. The van der Waals surface area contributed by atoms with Crippen molar-refractivity contribution in [2.24, 2.45) is 0 Å². The van der Waals surface area contributed by atoms with Gasteiger partial charge in [0, 0.05) is 6.20 Å². The van der Waals surface area contributed by atoms with Gasteiger partial charge in [-0.1, -0.05) is 35.9 Å². The van der Waals surface area contributed by atoms with Gasteiger partial charge in [-0.05, 0) is 43.1 Å². The predicted molar refractivity (Wildman–Crippen MR) is 80.1 cm³/mol. The quantitative estimate of drug-likeness (QED) is 0.670. The molecule has 0 aliphatic carbocycles. The van der Waals surface area contributed by atoms with Gasteiger partial charge >= 0.3 is 0 Å². The minimum Gasteiger partial charge on any atom is -0.317 e. The molecule has 0 saturated carbocycles. The number of alkyl halides is 1. The van der Waals surface area contributed by atoms with E-state index in [1.165, 1.54) is 5.56 Å². The number of nitrogens with zero attached hydrogens (tertiary/aromatic N) is 1. The Balaban J connectivity index is 0.00000133. The first-order valence-corrected chi connectivity index (χ1v) is 6.85. The van der Waals surface area contributed by atoms with Crippen LogP contribution in [-0.4, -0.2) is 24.3 Å². The summed E-state index contributed by atoms with van der Waals surface area (Å²) in [4.78, 5) is 5.98. The molecular formula is C14H18Cl2N2O. The Kier molecular flexibility index (Phi) is 5.11. The topological polar surface area (TPSA) is 24.5 Å². The lowest BCUT2D eigenvalue weighted by atomic mass is 10.1. The molecule has 104 valence electrons. The van der Waals surface area contributed by atoms with Crippen LogP contribution in [0.5, 0.6) is 0 Å². The van der Waals surface area contributed by atoms with Crippen LogP contribution in [0.15, 0.2) is 30.5 Å². The molecular weight excluding hydrogens is 283 g/mol. The van der Waals surface area contributed by atoms with Crippen LogP contribution in [0, 0.1) is 0 Å². The van der Waals surface area contributed by atoms with E-state index in [1.807, 2.05) is 18.3 Å². The molecule has 2 heterocycles. The number of hydrogen-bond donors (Lipinski definition) is 1. The molecule has 1 aromatic rings. The Morgan fingerprint density at radius 3 is 2.74 bits per heavy atom. The maximum atomic E-state index is 6.47. The fraction of sp³-hybridized carbons (Fsp3) is 0.429. The first-order valence-electron chi connectivity index (χ1n) is 6.41. The Morgan fingerprint density at radius 1 is 1.21 bits per heavy atom. The van der Waals surface area contributed by atoms with E-state index in [1.54, 1.807) is 5.06 Å². The van der Waals surface area contributed by atoms with Gasteiger partial charge in [-0.15, -0.1) is 12.4 Å². The summed E-state index contributed by atoms with van der Waals surface area (Å²) < 4.78 is 0. The van der Waals surface area contributed by atoms with Gasteiger partial charge in [0.05, 0.1) is 6.10 Å². The molecule has 1 atom stereocenters. The summed E-state index contributed by atoms with van der Waals surface area (Å²) in [6.45, 7) is 2.04. The molecule has 0 bridgehead atoms. The second-order valence-corrected chi connectivity index (χ2v) is 5.11. The number of benzene rings is 1. The van der Waals surface area contributed by atoms with Gasteiger partial charge in [-0.25, -0.2) is 5.06 Å². The zero-order valence-corrected chi connectivity index (χ0v) is 12.2. The zero-order chi connectivity index (χ0) is 12.4. The summed E-state index contributed by atoms with van der Waals surface area (Å²) in [5, 5.41) is 5.11. The second kappa shape index (κ2) is 6.62. The molecule has 1 fully saturated rings. The number of nitrogens with one attached hydrogen (secondary N) is 1. The van der Waals surface area contributed by atoms with Gasteiger partial charge in [0.25, 0.3) is 0 Å². The number of hydrogen-bond acceptors (Lipinski definition) is 3. The lowest BCUT2D eigenvalue weighted by molar-refractivity contribution is -0.181. The molecule has 2 aliphatic rings. The molecule has 19 heavy (non-hydrogen) atoms. The molecule has 1 unspecified atom stereocenters. The Morgan fingerprint density at radius 2 is 1.95 bits per heavy atom. The lowest BCUT2D eigenvalue weighted by Crippen LogP contribution is -2.37. The van der Waals surface area contributed by atoms with Crippen molar-refractivity contribution >= 4 is 30.1 Å². The summed E-state index contributed by atoms with van der Waals surface area (Å²) in [5.41, 5.74) is 2.04. The van der Waals surface area contributed by atoms with Gasteiger partial charge in [-0.2, -0.15) is 0 Å². The molecule has 0 radical (unpaired) electrons. The maximum Gasteiger partial charge on any atom is 0.155 e. The van der Waals surface area contributed by atoms with Crippen LogP contribution in [0.4, 0.5) is 0 Å². The molecule has 1 N–H and O–H groups in total. The summed E-state index contributed by atoms with van der Waals surface area (Å²) in [6, 6.07) is 8.16. The normalized spacial score (nSPS) is 22.8. The van der Waals surface area contributed by atoms with E-state index in [0.717, 1.165) is 31.5 Å². The number of piperidine rings is 1. The van der Waals surface area contributed by atoms with Crippen molar-refractivity contribution in [2.45, 2.75) is 24.4 Å². The molecule has 2 aliphatic heterocycles. The number of halogens is 2. The fourth-order valence-corrected chi connectivity index (χ4v) is 2.72. The SMILES string of the molecule is Cl.ClC1c2ccccc2C=CN1OC1CCNCC1. The van der Waals surface area contributed by atoms with E-state index in [0.29, 0.717) is 0 Å². The van der Waals surface area contributed by atoms with Crippen LogP contribution in [0.25, 0.3) is 6.08 Å². The molecule has 3 nitrogen and oxygen atoms in total. The van der Waals surface area contributed by atoms with E-state index < -0.39 is 0 Å². The molecule has 0 spiro atoms. The van der Waals surface area contributed by atoms with Gasteiger partial charge in [0.1, 0.15) is 0 Å². The largest absolute Gasteiger partial charge is 0.317 e. The first kappa shape index (κ1) is 14.7. The third-order valence-corrected chi connectivity index (χ3v) is 3.86. The number of fused-ring (bicyclic) bond motifs is 1. The maximum absolute atomic E-state index is 6.47. The summed E-state index contributed by atoms with van der Waals surface area (Å²) in [6.07, 6.45) is 6.32. The van der Waals surface area contributed by atoms with Crippen molar-refractivity contribution in [1.82, 2.24) is 10.4 Å². The van der Waals surface area contributed by atoms with E-state index in [4.69, 9.17) is 16.4 Å². The minimum absolute atomic E-state index is 0. The number of hydroxylamine groups is 2. The third-order valence-electron chi connectivity index (χ3n) is 3.43.